The molecular weight excluding hydrogens is 438 g/mol. The lowest BCUT2D eigenvalue weighted by Gasteiger charge is -2.24. The highest BCUT2D eigenvalue weighted by atomic mass is 32.2. The van der Waals surface area contributed by atoms with Gasteiger partial charge in [-0.1, -0.05) is 41.5 Å². The maximum atomic E-state index is 13.1. The van der Waals surface area contributed by atoms with Gasteiger partial charge in [0, 0.05) is 11.3 Å². The third kappa shape index (κ3) is 5.17. The average molecular weight is 468 g/mol. The molecule has 174 valence electrons. The molecule has 1 N–H and O–H groups in total. The van der Waals surface area contributed by atoms with E-state index in [1.807, 2.05) is 26.0 Å². The molecule has 1 aliphatic rings. The molecule has 1 heterocycles. The van der Waals surface area contributed by atoms with E-state index >= 15 is 0 Å². The number of nitrogens with zero attached hydrogens (tertiary/aromatic N) is 2. The number of rotatable bonds is 7. The van der Waals surface area contributed by atoms with E-state index in [1.54, 1.807) is 29.9 Å². The largest absolute Gasteiger partial charge is 0.465 e. The standard InChI is InChI=1S/C25H29N3O4S/c1-4-32-25(29)16-28-24-7-5-6-23(22(24)15-26-28)27-33(30,31)21-10-8-19(9-11-21)20-13-17(2)12-18(3)14-20/h8-15,23,27H,4-7,16H2,1-3H3. The van der Waals surface area contributed by atoms with Crippen molar-refractivity contribution in [2.24, 2.45) is 0 Å². The number of hydrogen-bond donors (Lipinski definition) is 1. The Morgan fingerprint density at radius 2 is 1.82 bits per heavy atom. The zero-order valence-electron chi connectivity index (χ0n) is 19.2. The Hall–Kier alpha value is -2.97. The third-order valence-corrected chi connectivity index (χ3v) is 7.35. The minimum Gasteiger partial charge on any atom is -0.465 e. The Kier molecular flexibility index (Phi) is 6.67. The van der Waals surface area contributed by atoms with Crippen LogP contribution in [0.3, 0.4) is 0 Å². The van der Waals surface area contributed by atoms with E-state index in [9.17, 15) is 13.2 Å². The first-order valence-corrected chi connectivity index (χ1v) is 12.7. The third-order valence-electron chi connectivity index (χ3n) is 5.86. The van der Waals surface area contributed by atoms with Crippen molar-refractivity contribution in [3.05, 3.63) is 71.0 Å². The molecule has 4 rings (SSSR count). The summed E-state index contributed by atoms with van der Waals surface area (Å²) < 4.78 is 35.7. The van der Waals surface area contributed by atoms with Crippen molar-refractivity contribution in [2.75, 3.05) is 6.61 Å². The minimum absolute atomic E-state index is 0.0303. The summed E-state index contributed by atoms with van der Waals surface area (Å²) in [4.78, 5) is 12.1. The van der Waals surface area contributed by atoms with E-state index in [0.717, 1.165) is 35.2 Å². The van der Waals surface area contributed by atoms with Crippen LogP contribution in [0.4, 0.5) is 0 Å². The second-order valence-corrected chi connectivity index (χ2v) is 10.2. The average Bonchev–Trinajstić information content (AvgIpc) is 3.17. The number of hydrogen-bond acceptors (Lipinski definition) is 5. The molecule has 1 unspecified atom stereocenters. The van der Waals surface area contributed by atoms with Gasteiger partial charge in [-0.25, -0.2) is 13.1 Å². The predicted octanol–water partition coefficient (Wildman–Crippen LogP) is 4.09. The second kappa shape index (κ2) is 9.49. The van der Waals surface area contributed by atoms with Gasteiger partial charge in [0.1, 0.15) is 6.54 Å². The van der Waals surface area contributed by atoms with Crippen molar-refractivity contribution in [1.29, 1.82) is 0 Å². The molecule has 1 aromatic heterocycles. The summed E-state index contributed by atoms with van der Waals surface area (Å²) in [7, 11) is -3.72. The van der Waals surface area contributed by atoms with Crippen LogP contribution in [0.5, 0.6) is 0 Å². The Balaban J connectivity index is 1.53. The van der Waals surface area contributed by atoms with E-state index in [1.165, 1.54) is 11.1 Å². The maximum absolute atomic E-state index is 13.1. The first-order chi connectivity index (χ1) is 15.8. The highest BCUT2D eigenvalue weighted by Crippen LogP contribution is 2.31. The molecule has 0 spiro atoms. The van der Waals surface area contributed by atoms with Gasteiger partial charge in [0.25, 0.3) is 0 Å². The summed E-state index contributed by atoms with van der Waals surface area (Å²) in [5.41, 5.74) is 6.07. The van der Waals surface area contributed by atoms with Crippen LogP contribution in [-0.4, -0.2) is 30.8 Å². The minimum atomic E-state index is -3.72. The van der Waals surface area contributed by atoms with Gasteiger partial charge in [-0.05, 0) is 63.3 Å². The summed E-state index contributed by atoms with van der Waals surface area (Å²) in [6.45, 7) is 6.20. The molecule has 33 heavy (non-hydrogen) atoms. The van der Waals surface area contributed by atoms with E-state index in [4.69, 9.17) is 4.74 Å². The zero-order chi connectivity index (χ0) is 23.6. The molecule has 7 nitrogen and oxygen atoms in total. The molecule has 1 atom stereocenters. The second-order valence-electron chi connectivity index (χ2n) is 8.48. The summed E-state index contributed by atoms with van der Waals surface area (Å²) in [6.07, 6.45) is 3.89. The first-order valence-electron chi connectivity index (χ1n) is 11.2. The van der Waals surface area contributed by atoms with Crippen LogP contribution in [-0.2, 0) is 32.5 Å². The number of carbonyl (C=O) groups is 1. The van der Waals surface area contributed by atoms with Gasteiger partial charge in [0.05, 0.1) is 23.7 Å². The number of carbonyl (C=O) groups excluding carboxylic acids is 1. The van der Waals surface area contributed by atoms with Crippen LogP contribution >= 0.6 is 0 Å². The molecule has 0 saturated heterocycles. The van der Waals surface area contributed by atoms with E-state index < -0.39 is 10.0 Å². The summed E-state index contributed by atoms with van der Waals surface area (Å²) in [5, 5.41) is 4.31. The van der Waals surface area contributed by atoms with Crippen molar-refractivity contribution in [2.45, 2.75) is 57.5 Å². The van der Waals surface area contributed by atoms with E-state index in [2.05, 4.69) is 28.0 Å². The van der Waals surface area contributed by atoms with Crippen LogP contribution in [0.15, 0.2) is 53.6 Å². The lowest BCUT2D eigenvalue weighted by molar-refractivity contribution is -0.144. The van der Waals surface area contributed by atoms with Crippen molar-refractivity contribution in [1.82, 2.24) is 14.5 Å². The van der Waals surface area contributed by atoms with E-state index in [0.29, 0.717) is 13.0 Å². The highest BCUT2D eigenvalue weighted by molar-refractivity contribution is 7.89. The van der Waals surface area contributed by atoms with Gasteiger partial charge >= 0.3 is 5.97 Å². The van der Waals surface area contributed by atoms with Crippen LogP contribution in [0.1, 0.15) is 48.2 Å². The normalized spacial score (nSPS) is 15.8. The van der Waals surface area contributed by atoms with Crippen LogP contribution in [0.2, 0.25) is 0 Å². The summed E-state index contributed by atoms with van der Waals surface area (Å²) in [5.74, 6) is -0.352. The fraction of sp³-hybridized carbons (Fsp3) is 0.360. The quantitative estimate of drug-likeness (QED) is 0.529. The van der Waals surface area contributed by atoms with Crippen molar-refractivity contribution >= 4 is 16.0 Å². The Bertz CT molecular complexity index is 1240. The molecule has 0 amide bonds. The smallest absolute Gasteiger partial charge is 0.327 e. The Morgan fingerprint density at radius 3 is 2.48 bits per heavy atom. The zero-order valence-corrected chi connectivity index (χ0v) is 20.0. The Morgan fingerprint density at radius 1 is 1.12 bits per heavy atom. The van der Waals surface area contributed by atoms with Gasteiger partial charge in [-0.3, -0.25) is 9.48 Å². The number of nitrogens with one attached hydrogen (secondary N) is 1. The van der Waals surface area contributed by atoms with Gasteiger partial charge in [-0.15, -0.1) is 0 Å². The number of benzene rings is 2. The lowest BCUT2D eigenvalue weighted by Crippen LogP contribution is -2.31. The van der Waals surface area contributed by atoms with Crippen LogP contribution < -0.4 is 4.72 Å². The van der Waals surface area contributed by atoms with Crippen molar-refractivity contribution < 1.29 is 17.9 Å². The van der Waals surface area contributed by atoms with Gasteiger partial charge in [-0.2, -0.15) is 5.10 Å². The fourth-order valence-corrected chi connectivity index (χ4v) is 5.68. The number of esters is 1. The molecule has 0 bridgehead atoms. The first kappa shape index (κ1) is 23.2. The SMILES string of the molecule is CCOC(=O)Cn1ncc2c1CCCC2NS(=O)(=O)c1ccc(-c2cc(C)cc(C)c2)cc1. The maximum Gasteiger partial charge on any atom is 0.327 e. The molecule has 3 aromatic rings. The van der Waals surface area contributed by atoms with Crippen LogP contribution in [0, 0.1) is 13.8 Å². The number of aromatic nitrogens is 2. The number of fused-ring (bicyclic) bond motifs is 1. The van der Waals surface area contributed by atoms with Crippen LogP contribution in [0.25, 0.3) is 11.1 Å². The summed E-state index contributed by atoms with van der Waals surface area (Å²) in [6, 6.07) is 12.9. The van der Waals surface area contributed by atoms with Gasteiger partial charge in [0.2, 0.25) is 10.0 Å². The molecule has 0 fully saturated rings. The molecule has 0 radical (unpaired) electrons. The topological polar surface area (TPSA) is 90.3 Å². The van der Waals surface area contributed by atoms with Crippen molar-refractivity contribution in [3.8, 4) is 11.1 Å². The molecule has 8 heteroatoms. The lowest BCUT2D eigenvalue weighted by atomic mass is 9.94. The van der Waals surface area contributed by atoms with Crippen molar-refractivity contribution in [3.63, 3.8) is 0 Å². The molecule has 0 aliphatic heterocycles. The molecule has 2 aromatic carbocycles. The molecule has 0 saturated carbocycles. The molecular formula is C25H29N3O4S. The Labute approximate surface area is 194 Å². The molecule has 1 aliphatic carbocycles. The number of ether oxygens (including phenoxy) is 1. The van der Waals surface area contributed by atoms with E-state index in [-0.39, 0.29) is 23.5 Å². The van der Waals surface area contributed by atoms with Gasteiger partial charge in [0.15, 0.2) is 0 Å². The van der Waals surface area contributed by atoms with Gasteiger partial charge < -0.3 is 4.74 Å². The highest BCUT2D eigenvalue weighted by Gasteiger charge is 2.29. The fourth-order valence-electron chi connectivity index (χ4n) is 4.43. The summed E-state index contributed by atoms with van der Waals surface area (Å²) >= 11 is 0. The monoisotopic (exact) mass is 467 g/mol. The number of aryl methyl sites for hydroxylation is 2. The predicted molar refractivity (Wildman–Crippen MR) is 126 cm³/mol. The number of sulfonamides is 1.